The van der Waals surface area contributed by atoms with Crippen molar-refractivity contribution in [3.63, 3.8) is 0 Å². The molecule has 1 aliphatic rings. The van der Waals surface area contributed by atoms with E-state index in [4.69, 9.17) is 5.73 Å². The van der Waals surface area contributed by atoms with Crippen molar-refractivity contribution in [3.8, 4) is 0 Å². The summed E-state index contributed by atoms with van der Waals surface area (Å²) >= 11 is 0. The summed E-state index contributed by atoms with van der Waals surface area (Å²) in [4.78, 5) is 16.8. The van der Waals surface area contributed by atoms with Crippen LogP contribution in [0.25, 0.3) is 0 Å². The van der Waals surface area contributed by atoms with Gasteiger partial charge >= 0.3 is 0 Å². The summed E-state index contributed by atoms with van der Waals surface area (Å²) in [6.07, 6.45) is 3.00. The van der Waals surface area contributed by atoms with Crippen LogP contribution in [0.15, 0.2) is 12.3 Å². The number of hydrogen-bond donors (Lipinski definition) is 1. The van der Waals surface area contributed by atoms with Crippen molar-refractivity contribution >= 4 is 11.6 Å². The van der Waals surface area contributed by atoms with Gasteiger partial charge in [-0.25, -0.2) is 0 Å². The minimum Gasteiger partial charge on any atom is -0.397 e. The Morgan fingerprint density at radius 1 is 1.26 bits per heavy atom. The fourth-order valence-corrected chi connectivity index (χ4v) is 2.63. The molecule has 1 fully saturated rings. The largest absolute Gasteiger partial charge is 0.397 e. The Labute approximate surface area is 115 Å². The number of nitrogen functional groups attached to an aromatic ring is 1. The third-order valence-electron chi connectivity index (χ3n) is 3.68. The molecule has 0 unspecified atom stereocenters. The molecule has 0 atom stereocenters. The number of aryl methyl sites for hydroxylation is 1. The van der Waals surface area contributed by atoms with Gasteiger partial charge in [0.15, 0.2) is 0 Å². The molecule has 1 aromatic rings. The lowest BCUT2D eigenvalue weighted by molar-refractivity contribution is 0.0627. The Bertz CT molecular complexity index is 433. The van der Waals surface area contributed by atoms with Crippen molar-refractivity contribution in [2.45, 2.75) is 26.8 Å². The fourth-order valence-electron chi connectivity index (χ4n) is 2.63. The van der Waals surface area contributed by atoms with Crippen molar-refractivity contribution in [1.82, 2.24) is 14.4 Å². The van der Waals surface area contributed by atoms with E-state index in [0.717, 1.165) is 39.3 Å². The van der Waals surface area contributed by atoms with Gasteiger partial charge in [-0.15, -0.1) is 0 Å². The van der Waals surface area contributed by atoms with Crippen molar-refractivity contribution in [3.05, 3.63) is 18.0 Å². The first-order valence-corrected chi connectivity index (χ1v) is 7.13. The maximum absolute atomic E-state index is 12.5. The molecule has 1 aliphatic heterocycles. The van der Waals surface area contributed by atoms with Crippen LogP contribution in [0.5, 0.6) is 0 Å². The van der Waals surface area contributed by atoms with E-state index < -0.39 is 0 Å². The van der Waals surface area contributed by atoms with Gasteiger partial charge < -0.3 is 15.2 Å². The molecule has 2 heterocycles. The molecule has 0 bridgehead atoms. The molecular weight excluding hydrogens is 240 g/mol. The molecule has 0 saturated carbocycles. The SMILES string of the molecule is CCCN1CCN(C(=O)c2cc(N)cn2CC)CC1. The average molecular weight is 264 g/mol. The molecule has 0 spiro atoms. The third kappa shape index (κ3) is 3.10. The van der Waals surface area contributed by atoms with E-state index in [1.54, 1.807) is 6.07 Å². The van der Waals surface area contributed by atoms with Crippen LogP contribution in [0.1, 0.15) is 30.8 Å². The van der Waals surface area contributed by atoms with E-state index in [1.165, 1.54) is 6.42 Å². The molecule has 1 amide bonds. The van der Waals surface area contributed by atoms with E-state index in [-0.39, 0.29) is 5.91 Å². The normalized spacial score (nSPS) is 16.8. The molecule has 2 N–H and O–H groups in total. The van der Waals surface area contributed by atoms with Crippen molar-refractivity contribution in [2.75, 3.05) is 38.5 Å². The standard InChI is InChI=1S/C14H24N4O/c1-3-5-16-6-8-18(9-7-16)14(19)13-10-12(15)11-17(13)4-2/h10-11H,3-9,15H2,1-2H3. The highest BCUT2D eigenvalue weighted by Gasteiger charge is 2.23. The Morgan fingerprint density at radius 3 is 2.53 bits per heavy atom. The van der Waals surface area contributed by atoms with Crippen molar-refractivity contribution in [2.24, 2.45) is 0 Å². The summed E-state index contributed by atoms with van der Waals surface area (Å²) in [6.45, 7) is 9.68. The minimum absolute atomic E-state index is 0.106. The summed E-state index contributed by atoms with van der Waals surface area (Å²) < 4.78 is 1.93. The minimum atomic E-state index is 0.106. The summed E-state index contributed by atoms with van der Waals surface area (Å²) in [6, 6.07) is 1.78. The zero-order valence-electron chi connectivity index (χ0n) is 11.9. The Kier molecular flexibility index (Phi) is 4.47. The number of nitrogens with zero attached hydrogens (tertiary/aromatic N) is 3. The molecule has 5 nitrogen and oxygen atoms in total. The Hall–Kier alpha value is -1.49. The predicted molar refractivity (Wildman–Crippen MR) is 77.2 cm³/mol. The number of carbonyl (C=O) groups is 1. The first kappa shape index (κ1) is 13.9. The maximum Gasteiger partial charge on any atom is 0.270 e. The van der Waals surface area contributed by atoms with Gasteiger partial charge in [0, 0.05) is 38.9 Å². The number of rotatable bonds is 4. The summed E-state index contributed by atoms with van der Waals surface area (Å²) in [5.41, 5.74) is 7.16. The number of aromatic nitrogens is 1. The molecule has 0 radical (unpaired) electrons. The first-order valence-electron chi connectivity index (χ1n) is 7.13. The molecule has 0 aromatic carbocycles. The highest BCUT2D eigenvalue weighted by atomic mass is 16.2. The first-order chi connectivity index (χ1) is 9.15. The molecule has 19 heavy (non-hydrogen) atoms. The lowest BCUT2D eigenvalue weighted by atomic mass is 10.2. The van der Waals surface area contributed by atoms with E-state index in [1.807, 2.05) is 22.6 Å². The van der Waals surface area contributed by atoms with Crippen LogP contribution in [-0.4, -0.2) is 53.0 Å². The van der Waals surface area contributed by atoms with Crippen LogP contribution in [0.3, 0.4) is 0 Å². The van der Waals surface area contributed by atoms with Crippen molar-refractivity contribution < 1.29 is 4.79 Å². The van der Waals surface area contributed by atoms with Crippen LogP contribution in [-0.2, 0) is 6.54 Å². The molecule has 1 saturated heterocycles. The Balaban J connectivity index is 2.01. The van der Waals surface area contributed by atoms with Crippen LogP contribution in [0.2, 0.25) is 0 Å². The second kappa shape index (κ2) is 6.10. The molecule has 2 rings (SSSR count). The number of carbonyl (C=O) groups excluding carboxylic acids is 1. The molecule has 0 aliphatic carbocycles. The second-order valence-electron chi connectivity index (χ2n) is 5.08. The highest BCUT2D eigenvalue weighted by molar-refractivity contribution is 5.94. The number of nitrogens with two attached hydrogens (primary N) is 1. The lowest BCUT2D eigenvalue weighted by Crippen LogP contribution is -2.49. The summed E-state index contributed by atoms with van der Waals surface area (Å²) in [5.74, 6) is 0.106. The maximum atomic E-state index is 12.5. The zero-order chi connectivity index (χ0) is 13.8. The molecular formula is C14H24N4O. The zero-order valence-corrected chi connectivity index (χ0v) is 11.9. The lowest BCUT2D eigenvalue weighted by Gasteiger charge is -2.34. The van der Waals surface area contributed by atoms with E-state index in [2.05, 4.69) is 11.8 Å². The van der Waals surface area contributed by atoms with Gasteiger partial charge in [-0.3, -0.25) is 9.69 Å². The molecule has 106 valence electrons. The summed E-state index contributed by atoms with van der Waals surface area (Å²) in [7, 11) is 0. The predicted octanol–water partition coefficient (Wildman–Crippen LogP) is 1.26. The van der Waals surface area contributed by atoms with Crippen LogP contribution < -0.4 is 5.73 Å². The fraction of sp³-hybridized carbons (Fsp3) is 0.643. The molecule has 1 aromatic heterocycles. The number of amides is 1. The van der Waals surface area contributed by atoms with Gasteiger partial charge in [-0.1, -0.05) is 6.92 Å². The highest BCUT2D eigenvalue weighted by Crippen LogP contribution is 2.14. The quantitative estimate of drug-likeness (QED) is 0.890. The average Bonchev–Trinajstić information content (AvgIpc) is 2.80. The van der Waals surface area contributed by atoms with Crippen LogP contribution >= 0.6 is 0 Å². The van der Waals surface area contributed by atoms with Gasteiger partial charge in [0.25, 0.3) is 5.91 Å². The number of anilines is 1. The van der Waals surface area contributed by atoms with Crippen molar-refractivity contribution in [1.29, 1.82) is 0 Å². The smallest absolute Gasteiger partial charge is 0.270 e. The topological polar surface area (TPSA) is 54.5 Å². The van der Waals surface area contributed by atoms with Gasteiger partial charge in [0.05, 0.1) is 5.69 Å². The van der Waals surface area contributed by atoms with Gasteiger partial charge in [0.2, 0.25) is 0 Å². The Morgan fingerprint density at radius 2 is 1.95 bits per heavy atom. The third-order valence-corrected chi connectivity index (χ3v) is 3.68. The number of hydrogen-bond acceptors (Lipinski definition) is 3. The second-order valence-corrected chi connectivity index (χ2v) is 5.08. The van der Waals surface area contributed by atoms with E-state index >= 15 is 0 Å². The molecule has 5 heteroatoms. The van der Waals surface area contributed by atoms with Gasteiger partial charge in [-0.2, -0.15) is 0 Å². The summed E-state index contributed by atoms with van der Waals surface area (Å²) in [5, 5.41) is 0. The van der Waals surface area contributed by atoms with Crippen LogP contribution in [0.4, 0.5) is 5.69 Å². The number of piperazine rings is 1. The van der Waals surface area contributed by atoms with E-state index in [0.29, 0.717) is 11.4 Å². The monoisotopic (exact) mass is 264 g/mol. The van der Waals surface area contributed by atoms with E-state index in [9.17, 15) is 4.79 Å². The van der Waals surface area contributed by atoms with Crippen LogP contribution in [0, 0.1) is 0 Å². The van der Waals surface area contributed by atoms with Gasteiger partial charge in [-0.05, 0) is 26.0 Å². The van der Waals surface area contributed by atoms with Gasteiger partial charge in [0.1, 0.15) is 5.69 Å².